The lowest BCUT2D eigenvalue weighted by molar-refractivity contribution is -0.153. The Balaban J connectivity index is 2.03. The molecular formula is C22H20O7. The van der Waals surface area contributed by atoms with Crippen molar-refractivity contribution >= 4 is 17.5 Å². The molecule has 0 bridgehead atoms. The molecule has 0 saturated carbocycles. The molecule has 0 saturated heterocycles. The van der Waals surface area contributed by atoms with Crippen LogP contribution in [0.25, 0.3) is 0 Å². The minimum atomic E-state index is -1.63. The molecule has 2 aromatic rings. The van der Waals surface area contributed by atoms with Crippen LogP contribution in [0, 0.1) is 0 Å². The summed E-state index contributed by atoms with van der Waals surface area (Å²) in [4.78, 5) is 38.6. The summed E-state index contributed by atoms with van der Waals surface area (Å²) in [6.07, 6.45) is -1.40. The molecule has 7 nitrogen and oxygen atoms in total. The Hall–Kier alpha value is -3.03. The van der Waals surface area contributed by atoms with Gasteiger partial charge < -0.3 is 20.1 Å². The largest absolute Gasteiger partial charge is 0.507 e. The SMILES string of the molecule is CC[C@]1(O)C[C@H](O)c2c(cc3c(c2O)C(=O)c2ccccc2C3=O)[C@@H]1C(=O)OC. The fraction of sp³-hybridized carbons (Fsp3) is 0.318. The first-order chi connectivity index (χ1) is 13.7. The van der Waals surface area contributed by atoms with E-state index in [1.165, 1.54) is 25.3 Å². The topological polar surface area (TPSA) is 121 Å². The van der Waals surface area contributed by atoms with Crippen molar-refractivity contribution in [2.24, 2.45) is 0 Å². The van der Waals surface area contributed by atoms with E-state index in [2.05, 4.69) is 0 Å². The first-order valence-electron chi connectivity index (χ1n) is 9.31. The second kappa shape index (κ2) is 6.50. The molecule has 0 aromatic heterocycles. The zero-order chi connectivity index (χ0) is 21.1. The number of aromatic hydroxyl groups is 1. The van der Waals surface area contributed by atoms with Gasteiger partial charge in [-0.05, 0) is 18.1 Å². The summed E-state index contributed by atoms with van der Waals surface area (Å²) in [5.41, 5.74) is -1.46. The van der Waals surface area contributed by atoms with Crippen LogP contribution in [0.2, 0.25) is 0 Å². The molecule has 29 heavy (non-hydrogen) atoms. The maximum Gasteiger partial charge on any atom is 0.316 e. The van der Waals surface area contributed by atoms with E-state index in [9.17, 15) is 29.7 Å². The molecular weight excluding hydrogens is 376 g/mol. The van der Waals surface area contributed by atoms with Crippen LogP contribution in [0.3, 0.4) is 0 Å². The Labute approximate surface area is 166 Å². The Kier molecular flexibility index (Phi) is 4.33. The fourth-order valence-corrected chi connectivity index (χ4v) is 4.52. The zero-order valence-corrected chi connectivity index (χ0v) is 15.9. The number of phenolic OH excluding ortho intramolecular Hbond substituents is 1. The Bertz CT molecular complexity index is 1070. The van der Waals surface area contributed by atoms with Gasteiger partial charge in [0.05, 0.1) is 24.4 Å². The molecule has 3 atom stereocenters. The lowest BCUT2D eigenvalue weighted by Crippen LogP contribution is -2.46. The Morgan fingerprint density at radius 2 is 1.79 bits per heavy atom. The van der Waals surface area contributed by atoms with Crippen LogP contribution in [0.1, 0.15) is 74.8 Å². The maximum absolute atomic E-state index is 13.0. The van der Waals surface area contributed by atoms with Gasteiger partial charge in [0.1, 0.15) is 11.7 Å². The van der Waals surface area contributed by atoms with E-state index in [1.54, 1.807) is 19.1 Å². The number of ketones is 2. The van der Waals surface area contributed by atoms with Crippen molar-refractivity contribution in [3.63, 3.8) is 0 Å². The van der Waals surface area contributed by atoms with Crippen LogP contribution >= 0.6 is 0 Å². The molecule has 2 aromatic carbocycles. The fourth-order valence-electron chi connectivity index (χ4n) is 4.52. The molecule has 0 unspecified atom stereocenters. The van der Waals surface area contributed by atoms with Gasteiger partial charge in [-0.1, -0.05) is 31.2 Å². The summed E-state index contributed by atoms with van der Waals surface area (Å²) in [5, 5.41) is 32.6. The van der Waals surface area contributed by atoms with Gasteiger partial charge in [-0.15, -0.1) is 0 Å². The zero-order valence-electron chi connectivity index (χ0n) is 15.9. The van der Waals surface area contributed by atoms with E-state index >= 15 is 0 Å². The van der Waals surface area contributed by atoms with Crippen molar-refractivity contribution in [2.75, 3.05) is 7.11 Å². The highest BCUT2D eigenvalue weighted by Crippen LogP contribution is 2.51. The van der Waals surface area contributed by atoms with Crippen LogP contribution in [-0.4, -0.2) is 45.6 Å². The standard InChI is InChI=1S/C22H20O7/c1-3-22(28)9-14(23)15-12(17(22)21(27)29-2)8-13-16(20(15)26)19(25)11-7-5-4-6-10(11)18(13)24/h4-8,14,17,23,26,28H,3,9H2,1-2H3/t14-,17+,22-/m0/s1. The van der Waals surface area contributed by atoms with E-state index in [-0.39, 0.29) is 46.2 Å². The molecule has 2 aliphatic rings. The van der Waals surface area contributed by atoms with Crippen molar-refractivity contribution in [1.29, 1.82) is 0 Å². The highest BCUT2D eigenvalue weighted by molar-refractivity contribution is 6.29. The van der Waals surface area contributed by atoms with Crippen LogP contribution in [-0.2, 0) is 9.53 Å². The third-order valence-electron chi connectivity index (χ3n) is 6.04. The number of phenols is 1. The number of benzene rings is 2. The average Bonchev–Trinajstić information content (AvgIpc) is 2.71. The summed E-state index contributed by atoms with van der Waals surface area (Å²) >= 11 is 0. The van der Waals surface area contributed by atoms with E-state index in [0.717, 1.165) is 0 Å². The van der Waals surface area contributed by atoms with Crippen molar-refractivity contribution in [3.8, 4) is 5.75 Å². The minimum Gasteiger partial charge on any atom is -0.507 e. The highest BCUT2D eigenvalue weighted by atomic mass is 16.5. The van der Waals surface area contributed by atoms with Gasteiger partial charge in [0.2, 0.25) is 0 Å². The molecule has 3 N–H and O–H groups in total. The van der Waals surface area contributed by atoms with Crippen LogP contribution in [0.5, 0.6) is 5.75 Å². The van der Waals surface area contributed by atoms with Crippen LogP contribution in [0.15, 0.2) is 30.3 Å². The summed E-state index contributed by atoms with van der Waals surface area (Å²) in [5.74, 6) is -3.51. The van der Waals surface area contributed by atoms with Crippen molar-refractivity contribution < 1.29 is 34.4 Å². The number of aliphatic hydroxyl groups is 2. The number of hydrogen-bond acceptors (Lipinski definition) is 7. The third kappa shape index (κ3) is 2.54. The molecule has 0 fully saturated rings. The lowest BCUT2D eigenvalue weighted by Gasteiger charge is -2.42. The monoisotopic (exact) mass is 396 g/mol. The molecule has 150 valence electrons. The first-order valence-corrected chi connectivity index (χ1v) is 9.31. The maximum atomic E-state index is 13.0. The number of carbonyl (C=O) groups is 3. The number of aliphatic hydroxyl groups excluding tert-OH is 1. The molecule has 0 aliphatic heterocycles. The number of esters is 1. The number of rotatable bonds is 2. The average molecular weight is 396 g/mol. The highest BCUT2D eigenvalue weighted by Gasteiger charge is 2.51. The Morgan fingerprint density at radius 3 is 2.38 bits per heavy atom. The quantitative estimate of drug-likeness (QED) is 0.567. The van der Waals surface area contributed by atoms with Crippen molar-refractivity contribution in [1.82, 2.24) is 0 Å². The predicted molar refractivity (Wildman–Crippen MR) is 101 cm³/mol. The molecule has 0 heterocycles. The van der Waals surface area contributed by atoms with E-state index in [1.807, 2.05) is 0 Å². The van der Waals surface area contributed by atoms with Crippen LogP contribution in [0.4, 0.5) is 0 Å². The molecule has 0 spiro atoms. The third-order valence-corrected chi connectivity index (χ3v) is 6.04. The van der Waals surface area contributed by atoms with Gasteiger partial charge in [-0.25, -0.2) is 0 Å². The summed E-state index contributed by atoms with van der Waals surface area (Å²) in [7, 11) is 1.17. The number of fused-ring (bicyclic) bond motifs is 3. The van der Waals surface area contributed by atoms with E-state index in [4.69, 9.17) is 4.74 Å². The minimum absolute atomic E-state index is 0.0298. The van der Waals surface area contributed by atoms with Gasteiger partial charge in [-0.3, -0.25) is 14.4 Å². The molecule has 0 amide bonds. The smallest absolute Gasteiger partial charge is 0.316 e. The lowest BCUT2D eigenvalue weighted by atomic mass is 9.67. The van der Waals surface area contributed by atoms with Gasteiger partial charge in [0.25, 0.3) is 0 Å². The molecule has 2 aliphatic carbocycles. The number of methoxy groups -OCH3 is 1. The Morgan fingerprint density at radius 1 is 1.17 bits per heavy atom. The van der Waals surface area contributed by atoms with E-state index < -0.39 is 40.9 Å². The van der Waals surface area contributed by atoms with Gasteiger partial charge >= 0.3 is 5.97 Å². The molecule has 4 rings (SSSR count). The second-order valence-corrected chi connectivity index (χ2v) is 7.49. The molecule has 0 radical (unpaired) electrons. The second-order valence-electron chi connectivity index (χ2n) is 7.49. The predicted octanol–water partition coefficient (Wildman–Crippen LogP) is 2.00. The van der Waals surface area contributed by atoms with Crippen molar-refractivity contribution in [3.05, 3.63) is 63.7 Å². The number of ether oxygens (including phenoxy) is 1. The summed E-state index contributed by atoms with van der Waals surface area (Å²) < 4.78 is 4.85. The number of carbonyl (C=O) groups excluding carboxylic acids is 3. The normalized spacial score (nSPS) is 25.1. The number of hydrogen-bond donors (Lipinski definition) is 3. The van der Waals surface area contributed by atoms with E-state index in [0.29, 0.717) is 0 Å². The summed E-state index contributed by atoms with van der Waals surface area (Å²) in [6.45, 7) is 1.66. The van der Waals surface area contributed by atoms with Gasteiger partial charge in [0.15, 0.2) is 11.6 Å². The summed E-state index contributed by atoms with van der Waals surface area (Å²) in [6, 6.07) is 7.59. The van der Waals surface area contributed by atoms with Gasteiger partial charge in [-0.2, -0.15) is 0 Å². The van der Waals surface area contributed by atoms with Crippen molar-refractivity contribution in [2.45, 2.75) is 37.4 Å². The molecule has 7 heteroatoms. The van der Waals surface area contributed by atoms with Crippen LogP contribution < -0.4 is 0 Å². The van der Waals surface area contributed by atoms with Gasteiger partial charge in [0, 0.05) is 28.7 Å². The first kappa shape index (κ1) is 19.3.